The lowest BCUT2D eigenvalue weighted by atomic mass is 9.93. The number of pyridine rings is 2. The molecule has 3 aromatic rings. The van der Waals surface area contributed by atoms with Gasteiger partial charge in [-0.25, -0.2) is 4.39 Å². The van der Waals surface area contributed by atoms with Crippen molar-refractivity contribution in [3.8, 4) is 0 Å². The van der Waals surface area contributed by atoms with Crippen molar-refractivity contribution < 1.29 is 24.2 Å². The summed E-state index contributed by atoms with van der Waals surface area (Å²) in [7, 11) is 0. The van der Waals surface area contributed by atoms with Gasteiger partial charge < -0.3 is 25.4 Å². The topological polar surface area (TPSA) is 139 Å². The summed E-state index contributed by atoms with van der Waals surface area (Å²) in [6.07, 6.45) is 1.32. The summed E-state index contributed by atoms with van der Waals surface area (Å²) in [6, 6.07) is 7.75. The van der Waals surface area contributed by atoms with Crippen molar-refractivity contribution in [1.29, 1.82) is 0 Å². The van der Waals surface area contributed by atoms with Gasteiger partial charge in [0.2, 0.25) is 5.91 Å². The predicted molar refractivity (Wildman–Crippen MR) is 126 cm³/mol. The van der Waals surface area contributed by atoms with Crippen LogP contribution in [0.5, 0.6) is 0 Å². The fourth-order valence-electron chi connectivity index (χ4n) is 4.53. The monoisotopic (exact) mass is 482 g/mol. The van der Waals surface area contributed by atoms with Gasteiger partial charge in [-0.05, 0) is 42.2 Å². The number of aromatic nitrogens is 2. The Kier molecular flexibility index (Phi) is 6.95. The molecule has 1 atom stereocenters. The number of rotatable bonds is 8. The minimum atomic E-state index is -1.85. The quantitative estimate of drug-likeness (QED) is 0.413. The van der Waals surface area contributed by atoms with Gasteiger partial charge >= 0.3 is 0 Å². The molecule has 9 nitrogen and oxygen atoms in total. The summed E-state index contributed by atoms with van der Waals surface area (Å²) in [6.45, 7) is 2.44. The molecule has 0 radical (unpaired) electrons. The lowest BCUT2D eigenvalue weighted by molar-refractivity contribution is -0.127. The second-order valence-electron chi connectivity index (χ2n) is 8.81. The molecule has 1 saturated heterocycles. The lowest BCUT2D eigenvalue weighted by Gasteiger charge is -2.23. The van der Waals surface area contributed by atoms with Gasteiger partial charge in [-0.1, -0.05) is 19.1 Å². The van der Waals surface area contributed by atoms with E-state index in [9.17, 15) is 29.0 Å². The van der Waals surface area contributed by atoms with E-state index >= 15 is 0 Å². The Morgan fingerprint density at radius 2 is 1.89 bits per heavy atom. The van der Waals surface area contributed by atoms with Crippen molar-refractivity contribution in [3.05, 3.63) is 75.0 Å². The number of fused-ring (bicyclic) bond motifs is 1. The van der Waals surface area contributed by atoms with Gasteiger partial charge in [0.25, 0.3) is 11.5 Å². The molecule has 1 aromatic carbocycles. The summed E-state index contributed by atoms with van der Waals surface area (Å²) < 4.78 is 14.7. The average molecular weight is 483 g/mol. The van der Waals surface area contributed by atoms with E-state index in [1.54, 1.807) is 29.3 Å². The number of likely N-dealkylation sites (tertiary alicyclic amines) is 1. The summed E-state index contributed by atoms with van der Waals surface area (Å²) in [4.78, 5) is 44.1. The molecule has 2 aromatic heterocycles. The van der Waals surface area contributed by atoms with E-state index in [2.05, 4.69) is 4.98 Å². The normalized spacial score (nSPS) is 14.8. The Balaban J connectivity index is 1.88. The van der Waals surface area contributed by atoms with Crippen LogP contribution in [-0.2, 0) is 17.8 Å². The highest BCUT2D eigenvalue weighted by atomic mass is 19.1. The van der Waals surface area contributed by atoms with Crippen LogP contribution in [-0.4, -0.2) is 55.9 Å². The molecule has 0 spiro atoms. The number of nitrogens with two attached hydrogens (primary N) is 1. The van der Waals surface area contributed by atoms with Gasteiger partial charge in [0.15, 0.2) is 6.29 Å². The molecule has 4 N–H and O–H groups in total. The van der Waals surface area contributed by atoms with E-state index in [1.807, 2.05) is 0 Å². The lowest BCUT2D eigenvalue weighted by Crippen LogP contribution is -2.37. The van der Waals surface area contributed by atoms with Gasteiger partial charge in [-0.15, -0.1) is 0 Å². The first-order valence-electron chi connectivity index (χ1n) is 11.4. The van der Waals surface area contributed by atoms with E-state index in [4.69, 9.17) is 5.73 Å². The number of benzene rings is 1. The highest BCUT2D eigenvalue weighted by Gasteiger charge is 2.29. The van der Waals surface area contributed by atoms with Crippen LogP contribution in [0.1, 0.15) is 52.7 Å². The smallest absolute Gasteiger partial charge is 0.264 e. The second-order valence-corrected chi connectivity index (χ2v) is 8.81. The first-order chi connectivity index (χ1) is 16.7. The van der Waals surface area contributed by atoms with Crippen LogP contribution in [0.25, 0.3) is 11.0 Å². The molecule has 0 aliphatic carbocycles. The van der Waals surface area contributed by atoms with Gasteiger partial charge in [-0.3, -0.25) is 19.4 Å². The number of nitrogens with zero attached hydrogens (tertiary/aromatic N) is 3. The van der Waals surface area contributed by atoms with Gasteiger partial charge in [0, 0.05) is 43.7 Å². The largest absolute Gasteiger partial charge is 0.368 e. The zero-order valence-corrected chi connectivity index (χ0v) is 19.3. The Labute approximate surface area is 200 Å². The Morgan fingerprint density at radius 1 is 1.17 bits per heavy atom. The molecule has 1 unspecified atom stereocenters. The van der Waals surface area contributed by atoms with Crippen molar-refractivity contribution in [1.82, 2.24) is 14.5 Å². The van der Waals surface area contributed by atoms with Crippen LogP contribution in [0.3, 0.4) is 0 Å². The van der Waals surface area contributed by atoms with Crippen molar-refractivity contribution in [2.75, 3.05) is 13.1 Å². The fraction of sp³-hybridized carbons (Fsp3) is 0.360. The van der Waals surface area contributed by atoms with Crippen LogP contribution < -0.4 is 11.3 Å². The molecule has 0 saturated carbocycles. The van der Waals surface area contributed by atoms with Gasteiger partial charge in [0.1, 0.15) is 11.4 Å². The molecular formula is C25H27FN4O5. The number of hydrogen-bond donors (Lipinski definition) is 3. The number of carbonyl (C=O) groups is 2. The summed E-state index contributed by atoms with van der Waals surface area (Å²) in [5.41, 5.74) is 6.77. The molecule has 0 bridgehead atoms. The molecule has 3 heterocycles. The summed E-state index contributed by atoms with van der Waals surface area (Å²) >= 11 is 0. The third kappa shape index (κ3) is 4.94. The van der Waals surface area contributed by atoms with Crippen molar-refractivity contribution >= 4 is 22.8 Å². The molecular weight excluding hydrogens is 455 g/mol. The van der Waals surface area contributed by atoms with Crippen molar-refractivity contribution in [3.63, 3.8) is 0 Å². The van der Waals surface area contributed by atoms with Crippen LogP contribution >= 0.6 is 0 Å². The standard InChI is InChI=1S/C25H27FN4O5/c1-14(25(34)35)20-21(23(27)32)24(33)30(10-9-29-8-2-3-19(29)31)18-12-16(13-28-22(18)20)11-15-4-6-17(26)7-5-15/h4-7,12-14,25,34-35H,2-3,8-11H2,1H3,(H2,27,32). The maximum Gasteiger partial charge on any atom is 0.264 e. The molecule has 184 valence electrons. The first-order valence-corrected chi connectivity index (χ1v) is 11.4. The number of carbonyl (C=O) groups excluding carboxylic acids is 2. The zero-order valence-electron chi connectivity index (χ0n) is 19.3. The van der Waals surface area contributed by atoms with Crippen LogP contribution in [0.4, 0.5) is 4.39 Å². The maximum atomic E-state index is 13.5. The minimum absolute atomic E-state index is 0.00116. The average Bonchev–Trinajstić information content (AvgIpc) is 3.23. The van der Waals surface area contributed by atoms with Crippen LogP contribution in [0, 0.1) is 5.82 Å². The molecule has 1 fully saturated rings. The van der Waals surface area contributed by atoms with E-state index in [0.717, 1.165) is 17.5 Å². The van der Waals surface area contributed by atoms with Crippen molar-refractivity contribution in [2.24, 2.45) is 5.73 Å². The van der Waals surface area contributed by atoms with Gasteiger partial charge in [0.05, 0.1) is 11.0 Å². The van der Waals surface area contributed by atoms with Crippen LogP contribution in [0.15, 0.2) is 41.3 Å². The Hall–Kier alpha value is -3.63. The zero-order chi connectivity index (χ0) is 25.3. The predicted octanol–water partition coefficient (Wildman–Crippen LogP) is 1.26. The number of halogens is 1. The third-order valence-corrected chi connectivity index (χ3v) is 6.43. The highest BCUT2D eigenvalue weighted by molar-refractivity contribution is 5.98. The molecule has 2 amide bonds. The highest BCUT2D eigenvalue weighted by Crippen LogP contribution is 2.29. The molecule has 4 rings (SSSR count). The van der Waals surface area contributed by atoms with Gasteiger partial charge in [-0.2, -0.15) is 0 Å². The molecule has 1 aliphatic heterocycles. The van der Waals surface area contributed by atoms with E-state index in [0.29, 0.717) is 24.9 Å². The summed E-state index contributed by atoms with van der Waals surface area (Å²) in [5.74, 6) is -2.36. The second kappa shape index (κ2) is 9.93. The van der Waals surface area contributed by atoms with Crippen LogP contribution in [0.2, 0.25) is 0 Å². The van der Waals surface area contributed by atoms with Crippen molar-refractivity contribution in [2.45, 2.75) is 44.9 Å². The minimum Gasteiger partial charge on any atom is -0.368 e. The van der Waals surface area contributed by atoms with E-state index in [-0.39, 0.29) is 41.5 Å². The molecule has 1 aliphatic rings. The summed E-state index contributed by atoms with van der Waals surface area (Å²) in [5, 5.41) is 19.7. The number of primary amides is 1. The van der Waals surface area contributed by atoms with E-state index < -0.39 is 23.7 Å². The molecule has 10 heteroatoms. The third-order valence-electron chi connectivity index (χ3n) is 6.43. The number of amides is 2. The fourth-order valence-corrected chi connectivity index (χ4v) is 4.53. The number of hydrogen-bond acceptors (Lipinski definition) is 6. The Bertz CT molecular complexity index is 1340. The van der Waals surface area contributed by atoms with E-state index in [1.165, 1.54) is 23.6 Å². The SMILES string of the molecule is CC(c1c(C(N)=O)c(=O)n(CCN2CCCC2=O)c2cc(Cc3ccc(F)cc3)cnc12)C(O)O. The Morgan fingerprint density at radius 3 is 2.49 bits per heavy atom. The first kappa shape index (κ1) is 24.5. The maximum absolute atomic E-state index is 13.5. The number of aliphatic hydroxyl groups is 2. The molecule has 35 heavy (non-hydrogen) atoms. The number of aliphatic hydroxyl groups excluding tert-OH is 1.